The van der Waals surface area contributed by atoms with Crippen molar-refractivity contribution in [2.24, 2.45) is 0 Å². The Morgan fingerprint density at radius 2 is 2.00 bits per heavy atom. The van der Waals surface area contributed by atoms with Gasteiger partial charge >= 0.3 is 0 Å². The van der Waals surface area contributed by atoms with E-state index < -0.39 is 0 Å². The third-order valence-electron chi connectivity index (χ3n) is 2.52. The highest BCUT2D eigenvalue weighted by atomic mass is 79.9. The smallest absolute Gasteiger partial charge is 0.255 e. The largest absolute Gasteiger partial charge is 0.321 e. The van der Waals surface area contributed by atoms with Gasteiger partial charge in [-0.3, -0.25) is 4.79 Å². The summed E-state index contributed by atoms with van der Waals surface area (Å²) in [6.07, 6.45) is 0. The predicted molar refractivity (Wildman–Crippen MR) is 83.1 cm³/mol. The van der Waals surface area contributed by atoms with Crippen LogP contribution in [-0.2, 0) is 5.88 Å². The van der Waals surface area contributed by atoms with Crippen LogP contribution in [0.5, 0.6) is 0 Å². The molecule has 0 saturated carbocycles. The Bertz CT molecular complexity index is 616. The number of rotatable bonds is 3. The molecule has 98 valence electrons. The van der Waals surface area contributed by atoms with Crippen LogP contribution >= 0.6 is 39.1 Å². The second-order valence-corrected chi connectivity index (χ2v) is 5.50. The van der Waals surface area contributed by atoms with Crippen LogP contribution in [0, 0.1) is 0 Å². The van der Waals surface area contributed by atoms with E-state index >= 15 is 0 Å². The molecule has 2 nitrogen and oxygen atoms in total. The zero-order chi connectivity index (χ0) is 13.8. The van der Waals surface area contributed by atoms with Crippen LogP contribution < -0.4 is 5.32 Å². The fourth-order valence-electron chi connectivity index (χ4n) is 1.58. The Kier molecular flexibility index (Phi) is 4.86. The van der Waals surface area contributed by atoms with Gasteiger partial charge in [0.15, 0.2) is 0 Å². The Hall–Kier alpha value is -1.03. The van der Waals surface area contributed by atoms with Crippen LogP contribution in [-0.4, -0.2) is 5.91 Å². The first-order valence-electron chi connectivity index (χ1n) is 5.51. The molecule has 1 N–H and O–H groups in total. The normalized spacial score (nSPS) is 10.3. The van der Waals surface area contributed by atoms with E-state index in [0.717, 1.165) is 10.0 Å². The summed E-state index contributed by atoms with van der Waals surface area (Å²) in [4.78, 5) is 12.1. The van der Waals surface area contributed by atoms with Gasteiger partial charge < -0.3 is 5.32 Å². The summed E-state index contributed by atoms with van der Waals surface area (Å²) in [5.74, 6) is 0.158. The van der Waals surface area contributed by atoms with E-state index in [1.54, 1.807) is 30.3 Å². The Morgan fingerprint density at radius 3 is 2.74 bits per heavy atom. The van der Waals surface area contributed by atoms with Crippen molar-refractivity contribution in [1.82, 2.24) is 0 Å². The van der Waals surface area contributed by atoms with Crippen molar-refractivity contribution >= 4 is 50.7 Å². The lowest BCUT2D eigenvalue weighted by molar-refractivity contribution is 0.102. The molecule has 0 radical (unpaired) electrons. The maximum atomic E-state index is 12.1. The number of amides is 1. The minimum absolute atomic E-state index is 0.216. The molecule has 0 saturated heterocycles. The minimum Gasteiger partial charge on any atom is -0.321 e. The van der Waals surface area contributed by atoms with Crippen LogP contribution in [0.25, 0.3) is 0 Å². The van der Waals surface area contributed by atoms with Gasteiger partial charge in [0.25, 0.3) is 5.91 Å². The van der Waals surface area contributed by atoms with Gasteiger partial charge in [-0.15, -0.1) is 11.6 Å². The van der Waals surface area contributed by atoms with Crippen molar-refractivity contribution in [2.75, 3.05) is 5.32 Å². The third-order valence-corrected chi connectivity index (χ3v) is 3.65. The lowest BCUT2D eigenvalue weighted by atomic mass is 10.1. The molecular formula is C14H10BrCl2NO. The summed E-state index contributed by atoms with van der Waals surface area (Å²) >= 11 is 15.1. The molecule has 19 heavy (non-hydrogen) atoms. The maximum Gasteiger partial charge on any atom is 0.255 e. The zero-order valence-electron chi connectivity index (χ0n) is 9.79. The molecule has 0 aliphatic carbocycles. The number of nitrogens with one attached hydrogen (secondary N) is 1. The number of anilines is 1. The highest BCUT2D eigenvalue weighted by Gasteiger charge is 2.09. The predicted octanol–water partition coefficient (Wildman–Crippen LogP) is 5.09. The van der Waals surface area contributed by atoms with E-state index in [4.69, 9.17) is 23.2 Å². The Morgan fingerprint density at radius 1 is 1.21 bits per heavy atom. The van der Waals surface area contributed by atoms with Crippen molar-refractivity contribution < 1.29 is 4.79 Å². The maximum absolute atomic E-state index is 12.1. The SMILES string of the molecule is O=C(Nc1cc(Br)ccc1Cl)c1cccc(CCl)c1. The van der Waals surface area contributed by atoms with Crippen LogP contribution in [0.15, 0.2) is 46.9 Å². The molecule has 2 aromatic rings. The van der Waals surface area contributed by atoms with E-state index in [2.05, 4.69) is 21.2 Å². The fourth-order valence-corrected chi connectivity index (χ4v) is 2.28. The summed E-state index contributed by atoms with van der Waals surface area (Å²) in [5, 5.41) is 3.27. The summed E-state index contributed by atoms with van der Waals surface area (Å²) < 4.78 is 0.849. The van der Waals surface area contributed by atoms with Gasteiger partial charge in [-0.05, 0) is 35.9 Å². The number of alkyl halides is 1. The zero-order valence-corrected chi connectivity index (χ0v) is 12.9. The number of hydrogen-bond acceptors (Lipinski definition) is 1. The first-order valence-corrected chi connectivity index (χ1v) is 7.22. The van der Waals surface area contributed by atoms with Crippen molar-refractivity contribution in [1.29, 1.82) is 0 Å². The number of hydrogen-bond donors (Lipinski definition) is 1. The summed E-state index contributed by atoms with van der Waals surface area (Å²) in [7, 11) is 0. The van der Waals surface area contributed by atoms with E-state index in [0.29, 0.717) is 22.2 Å². The molecule has 0 heterocycles. The summed E-state index contributed by atoms with van der Waals surface area (Å²) in [6.45, 7) is 0. The van der Waals surface area contributed by atoms with Gasteiger partial charge in [-0.25, -0.2) is 0 Å². The molecule has 0 atom stereocenters. The van der Waals surface area contributed by atoms with Crippen molar-refractivity contribution in [2.45, 2.75) is 5.88 Å². The minimum atomic E-state index is -0.216. The van der Waals surface area contributed by atoms with Gasteiger partial charge in [0.1, 0.15) is 0 Å². The van der Waals surface area contributed by atoms with Gasteiger partial charge in [-0.1, -0.05) is 39.7 Å². The standard InChI is InChI=1S/C14H10BrCl2NO/c15-11-4-5-12(17)13(7-11)18-14(19)10-3-1-2-9(6-10)8-16/h1-7H,8H2,(H,18,19). The molecule has 2 rings (SSSR count). The quantitative estimate of drug-likeness (QED) is 0.760. The van der Waals surface area contributed by atoms with Crippen molar-refractivity contribution in [3.05, 3.63) is 63.1 Å². The first-order chi connectivity index (χ1) is 9.10. The van der Waals surface area contributed by atoms with Gasteiger partial charge in [0, 0.05) is 15.9 Å². The van der Waals surface area contributed by atoms with Crippen LogP contribution in [0.3, 0.4) is 0 Å². The van der Waals surface area contributed by atoms with E-state index in [9.17, 15) is 4.79 Å². The molecular weight excluding hydrogens is 349 g/mol. The number of carbonyl (C=O) groups is 1. The second-order valence-electron chi connectivity index (χ2n) is 3.91. The van der Waals surface area contributed by atoms with Crippen molar-refractivity contribution in [3.63, 3.8) is 0 Å². The number of benzene rings is 2. The second kappa shape index (κ2) is 6.42. The third kappa shape index (κ3) is 3.72. The number of carbonyl (C=O) groups excluding carboxylic acids is 1. The Labute approximate surface area is 129 Å². The monoisotopic (exact) mass is 357 g/mol. The molecule has 0 aliphatic heterocycles. The average Bonchev–Trinajstić information content (AvgIpc) is 2.43. The molecule has 5 heteroatoms. The number of halogens is 3. The van der Waals surface area contributed by atoms with Crippen molar-refractivity contribution in [3.8, 4) is 0 Å². The molecule has 0 aliphatic rings. The lowest BCUT2D eigenvalue weighted by Crippen LogP contribution is -2.12. The molecule has 0 spiro atoms. The van der Waals surface area contributed by atoms with Crippen LogP contribution in [0.4, 0.5) is 5.69 Å². The topological polar surface area (TPSA) is 29.1 Å². The molecule has 0 unspecified atom stereocenters. The summed E-state index contributed by atoms with van der Waals surface area (Å²) in [5.41, 5.74) is 2.01. The summed E-state index contributed by atoms with van der Waals surface area (Å²) in [6, 6.07) is 12.4. The van der Waals surface area contributed by atoms with Gasteiger partial charge in [0.2, 0.25) is 0 Å². The highest BCUT2D eigenvalue weighted by molar-refractivity contribution is 9.10. The highest BCUT2D eigenvalue weighted by Crippen LogP contribution is 2.26. The van der Waals surface area contributed by atoms with E-state index in [-0.39, 0.29) is 5.91 Å². The van der Waals surface area contributed by atoms with Gasteiger partial charge in [-0.2, -0.15) is 0 Å². The fraction of sp³-hybridized carbons (Fsp3) is 0.0714. The van der Waals surface area contributed by atoms with E-state index in [1.165, 1.54) is 0 Å². The van der Waals surface area contributed by atoms with Crippen LogP contribution in [0.2, 0.25) is 5.02 Å². The Balaban J connectivity index is 2.22. The lowest BCUT2D eigenvalue weighted by Gasteiger charge is -2.08. The molecule has 0 fully saturated rings. The molecule has 1 amide bonds. The first kappa shape index (κ1) is 14.4. The van der Waals surface area contributed by atoms with Gasteiger partial charge in [0.05, 0.1) is 10.7 Å². The van der Waals surface area contributed by atoms with E-state index in [1.807, 2.05) is 12.1 Å². The average molecular weight is 359 g/mol. The van der Waals surface area contributed by atoms with Crippen LogP contribution in [0.1, 0.15) is 15.9 Å². The molecule has 2 aromatic carbocycles. The molecule has 0 aromatic heterocycles. The molecule has 0 bridgehead atoms.